The molecule has 3 heteroatoms. The van der Waals surface area contributed by atoms with E-state index >= 15 is 0 Å². The second-order valence-electron chi connectivity index (χ2n) is 2.57. The molecule has 1 heterocycles. The van der Waals surface area contributed by atoms with Crippen molar-refractivity contribution in [3.8, 4) is 0 Å². The molecule has 2 unspecified atom stereocenters. The van der Waals surface area contributed by atoms with Gasteiger partial charge in [-0.1, -0.05) is 12.5 Å². The van der Waals surface area contributed by atoms with Crippen molar-refractivity contribution in [1.29, 1.82) is 0 Å². The molecule has 9 heavy (non-hydrogen) atoms. The van der Waals surface area contributed by atoms with Gasteiger partial charge in [-0.2, -0.15) is 0 Å². The third-order valence-electron chi connectivity index (χ3n) is 1.70. The summed E-state index contributed by atoms with van der Waals surface area (Å²) in [7, 11) is 2.15. The van der Waals surface area contributed by atoms with Crippen LogP contribution in [0.5, 0.6) is 0 Å². The normalized spacial score (nSPS) is 39.7. The van der Waals surface area contributed by atoms with Crippen molar-refractivity contribution in [1.82, 2.24) is 4.90 Å². The van der Waals surface area contributed by atoms with E-state index in [1.165, 1.54) is 6.54 Å². The van der Waals surface area contributed by atoms with Crippen LogP contribution in [-0.2, 0) is 19.5 Å². The maximum absolute atomic E-state index is 2.32. The Bertz CT molecular complexity index is 99.1. The Labute approximate surface area is 74.3 Å². The number of hydrogen-bond donors (Lipinski definition) is 0. The summed E-state index contributed by atoms with van der Waals surface area (Å²) in [6.45, 7) is 3.48. The first-order valence-corrected chi connectivity index (χ1v) is 4.06. The van der Waals surface area contributed by atoms with Gasteiger partial charge in [0.15, 0.2) is 0 Å². The monoisotopic (exact) mass is 233 g/mol. The standard InChI is InChI=1S/C6H12NS.Rh/c1-6(5-8-3)4-7(6)2;/h5H,4H2,1-3H3;/q-1;. The SMILES string of the molecule is CS[CH-]C1(C)CN1C.[Rh]. The van der Waals surface area contributed by atoms with Gasteiger partial charge in [0.25, 0.3) is 0 Å². The Balaban J connectivity index is 0.000000640. The molecule has 0 saturated carbocycles. The Hall–Kier alpha value is 0.933. The summed E-state index contributed by atoms with van der Waals surface area (Å²) >= 11 is 1.81. The van der Waals surface area contributed by atoms with Gasteiger partial charge in [0, 0.05) is 19.5 Å². The predicted octanol–water partition coefficient (Wildman–Crippen LogP) is 1.21. The molecular formula is C6H12NRhS-. The summed E-state index contributed by atoms with van der Waals surface area (Å²) in [6, 6.07) is 0. The number of nitrogens with zero attached hydrogens (tertiary/aromatic N) is 1. The Kier molecular flexibility index (Phi) is 3.71. The molecule has 57 valence electrons. The van der Waals surface area contributed by atoms with E-state index in [1.54, 1.807) is 0 Å². The number of likely N-dealkylation sites (N-methyl/N-ethyl adjacent to an activating group) is 1. The van der Waals surface area contributed by atoms with Crippen molar-refractivity contribution in [2.45, 2.75) is 12.5 Å². The molecule has 1 aliphatic rings. The minimum Gasteiger partial charge on any atom is -0.353 e. The van der Waals surface area contributed by atoms with Crippen molar-refractivity contribution in [3.05, 3.63) is 5.75 Å². The minimum atomic E-state index is 0. The molecule has 0 aliphatic carbocycles. The summed E-state index contributed by atoms with van der Waals surface area (Å²) in [5, 5.41) is 0. The fourth-order valence-electron chi connectivity index (χ4n) is 0.826. The van der Waals surface area contributed by atoms with E-state index in [9.17, 15) is 0 Å². The first-order chi connectivity index (χ1) is 3.69. The van der Waals surface area contributed by atoms with Crippen LogP contribution in [0.4, 0.5) is 0 Å². The fourth-order valence-corrected chi connectivity index (χ4v) is 1.59. The molecule has 0 aromatic heterocycles. The molecule has 2 atom stereocenters. The second-order valence-corrected chi connectivity index (χ2v) is 3.27. The number of rotatable bonds is 2. The zero-order valence-electron chi connectivity index (χ0n) is 5.97. The molecule has 1 nitrogen and oxygen atoms in total. The quantitative estimate of drug-likeness (QED) is 0.400. The van der Waals surface area contributed by atoms with Crippen LogP contribution < -0.4 is 0 Å². The van der Waals surface area contributed by atoms with Gasteiger partial charge in [0.1, 0.15) is 0 Å². The van der Waals surface area contributed by atoms with Crippen LogP contribution in [0.2, 0.25) is 0 Å². The molecule has 1 fully saturated rings. The fraction of sp³-hybridized carbons (Fsp3) is 0.833. The van der Waals surface area contributed by atoms with Gasteiger partial charge in [0.05, 0.1) is 0 Å². The van der Waals surface area contributed by atoms with Gasteiger partial charge in [-0.3, -0.25) is 5.75 Å². The molecule has 1 rings (SSSR count). The number of hydrogen-bond acceptors (Lipinski definition) is 2. The van der Waals surface area contributed by atoms with Crippen LogP contribution >= 0.6 is 11.8 Å². The van der Waals surface area contributed by atoms with Crippen molar-refractivity contribution in [2.75, 3.05) is 19.8 Å². The van der Waals surface area contributed by atoms with Crippen molar-refractivity contribution < 1.29 is 19.5 Å². The van der Waals surface area contributed by atoms with E-state index in [4.69, 9.17) is 0 Å². The first-order valence-electron chi connectivity index (χ1n) is 2.77. The molecule has 0 aromatic rings. The predicted molar refractivity (Wildman–Crippen MR) is 38.9 cm³/mol. The average Bonchev–Trinajstić information content (AvgIpc) is 2.16. The summed E-state index contributed by atoms with van der Waals surface area (Å²) in [5.74, 6) is 2.28. The van der Waals surface area contributed by atoms with Gasteiger partial charge >= 0.3 is 0 Å². The van der Waals surface area contributed by atoms with Crippen molar-refractivity contribution in [3.63, 3.8) is 0 Å². The van der Waals surface area contributed by atoms with Crippen LogP contribution in [0.3, 0.4) is 0 Å². The average molecular weight is 233 g/mol. The van der Waals surface area contributed by atoms with Crippen molar-refractivity contribution >= 4 is 11.8 Å². The molecule has 0 spiro atoms. The van der Waals surface area contributed by atoms with Gasteiger partial charge in [-0.05, 0) is 19.8 Å². The van der Waals surface area contributed by atoms with E-state index in [0.29, 0.717) is 5.54 Å². The molecule has 0 bridgehead atoms. The second kappa shape index (κ2) is 3.36. The number of thioether (sulfide) groups is 1. The van der Waals surface area contributed by atoms with Crippen LogP contribution in [0, 0.1) is 5.75 Å². The largest absolute Gasteiger partial charge is 0.353 e. The smallest absolute Gasteiger partial charge is 0 e. The summed E-state index contributed by atoms with van der Waals surface area (Å²) in [5.41, 5.74) is 0.430. The molecular weight excluding hydrogens is 221 g/mol. The van der Waals surface area contributed by atoms with E-state index in [1.807, 2.05) is 11.8 Å². The Morgan fingerprint density at radius 3 is 2.22 bits per heavy atom. The van der Waals surface area contributed by atoms with Gasteiger partial charge in [-0.15, -0.1) is 0 Å². The minimum absolute atomic E-state index is 0. The van der Waals surface area contributed by atoms with Crippen molar-refractivity contribution in [2.24, 2.45) is 0 Å². The van der Waals surface area contributed by atoms with Gasteiger partial charge in [0.2, 0.25) is 0 Å². The summed E-state index contributed by atoms with van der Waals surface area (Å²) in [4.78, 5) is 2.32. The summed E-state index contributed by atoms with van der Waals surface area (Å²) < 4.78 is 0. The Morgan fingerprint density at radius 2 is 2.11 bits per heavy atom. The van der Waals surface area contributed by atoms with E-state index in [2.05, 4.69) is 30.9 Å². The van der Waals surface area contributed by atoms with Crippen LogP contribution in [0.15, 0.2) is 0 Å². The third kappa shape index (κ3) is 2.21. The summed E-state index contributed by atoms with van der Waals surface area (Å²) in [6.07, 6.45) is 2.11. The molecule has 0 amide bonds. The topological polar surface area (TPSA) is 3.01 Å². The Morgan fingerprint density at radius 1 is 1.67 bits per heavy atom. The zero-order chi connectivity index (χ0) is 6.20. The first kappa shape index (κ1) is 9.93. The molecule has 0 N–H and O–H groups in total. The van der Waals surface area contributed by atoms with Crippen LogP contribution in [0.25, 0.3) is 0 Å². The van der Waals surface area contributed by atoms with Gasteiger partial charge in [-0.25, -0.2) is 0 Å². The zero-order valence-corrected chi connectivity index (χ0v) is 8.43. The molecule has 0 aromatic carbocycles. The van der Waals surface area contributed by atoms with E-state index < -0.39 is 0 Å². The van der Waals surface area contributed by atoms with E-state index in [0.717, 1.165) is 0 Å². The van der Waals surface area contributed by atoms with Crippen LogP contribution in [-0.4, -0.2) is 30.3 Å². The van der Waals surface area contributed by atoms with Gasteiger partial charge < -0.3 is 16.7 Å². The molecule has 1 saturated heterocycles. The van der Waals surface area contributed by atoms with E-state index in [-0.39, 0.29) is 19.5 Å². The molecule has 1 radical (unpaired) electrons. The third-order valence-corrected chi connectivity index (χ3v) is 2.44. The maximum atomic E-state index is 2.32. The maximum Gasteiger partial charge on any atom is 0 e. The molecule has 1 aliphatic heterocycles. The van der Waals surface area contributed by atoms with Crippen LogP contribution in [0.1, 0.15) is 6.92 Å².